The molecule has 0 aliphatic carbocycles. The van der Waals surface area contributed by atoms with E-state index in [-0.39, 0.29) is 19.0 Å². The minimum Gasteiger partial charge on any atom is -0.370 e. The Bertz CT molecular complexity index is 488. The molecule has 2 atom stereocenters. The van der Waals surface area contributed by atoms with Gasteiger partial charge in [0.1, 0.15) is 0 Å². The first-order valence-electron chi connectivity index (χ1n) is 7.13. The molecule has 21 heavy (non-hydrogen) atoms. The van der Waals surface area contributed by atoms with Gasteiger partial charge in [0.05, 0.1) is 11.6 Å². The molecule has 1 fully saturated rings. The van der Waals surface area contributed by atoms with Crippen molar-refractivity contribution in [2.75, 3.05) is 18.0 Å². The van der Waals surface area contributed by atoms with Crippen molar-refractivity contribution in [1.82, 2.24) is 0 Å². The average molecular weight is 365 g/mol. The minimum absolute atomic E-state index is 0.0364. The molecule has 0 spiro atoms. The van der Waals surface area contributed by atoms with Gasteiger partial charge in [0, 0.05) is 23.6 Å². The van der Waals surface area contributed by atoms with E-state index in [0.717, 1.165) is 22.1 Å². The summed E-state index contributed by atoms with van der Waals surface area (Å²) < 4.78 is 39.5. The fourth-order valence-corrected chi connectivity index (χ4v) is 3.45. The molecule has 2 rings (SSSR count). The zero-order chi connectivity index (χ0) is 15.6. The summed E-state index contributed by atoms with van der Waals surface area (Å²) in [6.07, 6.45) is -2.57. The van der Waals surface area contributed by atoms with Crippen LogP contribution in [0.2, 0.25) is 0 Å². The molecule has 118 valence electrons. The van der Waals surface area contributed by atoms with Crippen LogP contribution < -0.4 is 10.6 Å². The lowest BCUT2D eigenvalue weighted by molar-refractivity contribution is -0.175. The molecule has 1 aromatic rings. The highest BCUT2D eigenvalue weighted by Gasteiger charge is 2.42. The van der Waals surface area contributed by atoms with Crippen molar-refractivity contribution in [3.05, 3.63) is 28.2 Å². The van der Waals surface area contributed by atoms with E-state index in [4.69, 9.17) is 5.73 Å². The van der Waals surface area contributed by atoms with Crippen LogP contribution >= 0.6 is 15.9 Å². The molecule has 1 saturated heterocycles. The summed E-state index contributed by atoms with van der Waals surface area (Å²) in [6, 6.07) is 5.85. The molecule has 0 bridgehead atoms. The lowest BCUT2D eigenvalue weighted by Crippen LogP contribution is -2.41. The van der Waals surface area contributed by atoms with Crippen LogP contribution in [0, 0.1) is 5.92 Å². The number of rotatable bonds is 3. The third-order valence-electron chi connectivity index (χ3n) is 3.79. The maximum Gasteiger partial charge on any atom is 0.393 e. The third-order valence-corrected chi connectivity index (χ3v) is 4.43. The van der Waals surface area contributed by atoms with Crippen LogP contribution in [-0.4, -0.2) is 25.3 Å². The fourth-order valence-electron chi connectivity index (χ4n) is 2.77. The van der Waals surface area contributed by atoms with Gasteiger partial charge in [0.15, 0.2) is 0 Å². The number of halogens is 4. The van der Waals surface area contributed by atoms with Gasteiger partial charge >= 0.3 is 6.18 Å². The molecule has 0 saturated carbocycles. The number of nitrogens with zero attached hydrogens (tertiary/aromatic N) is 1. The molecule has 1 aliphatic rings. The predicted octanol–water partition coefficient (Wildman–Crippen LogP) is 4.12. The van der Waals surface area contributed by atoms with E-state index in [0.29, 0.717) is 13.0 Å². The molecular formula is C15H20BrF3N2. The van der Waals surface area contributed by atoms with Crippen molar-refractivity contribution in [2.24, 2.45) is 11.7 Å². The van der Waals surface area contributed by atoms with E-state index in [2.05, 4.69) is 15.9 Å². The number of alkyl halides is 3. The van der Waals surface area contributed by atoms with Crippen molar-refractivity contribution in [2.45, 2.75) is 38.4 Å². The summed E-state index contributed by atoms with van der Waals surface area (Å²) in [5.74, 6) is -1.23. The highest BCUT2D eigenvalue weighted by Crippen LogP contribution is 2.37. The van der Waals surface area contributed by atoms with Crippen molar-refractivity contribution < 1.29 is 13.2 Å². The van der Waals surface area contributed by atoms with E-state index in [1.807, 2.05) is 30.0 Å². The number of benzene rings is 1. The second-order valence-corrected chi connectivity index (χ2v) is 6.65. The molecule has 2 N–H and O–H groups in total. The lowest BCUT2D eigenvalue weighted by Gasteiger charge is -2.35. The minimum atomic E-state index is -4.11. The first kappa shape index (κ1) is 16.6. The van der Waals surface area contributed by atoms with Crippen LogP contribution in [0.3, 0.4) is 0 Å². The van der Waals surface area contributed by atoms with Crippen molar-refractivity contribution in [1.29, 1.82) is 0 Å². The Kier molecular flexibility index (Phi) is 5.20. The second-order valence-electron chi connectivity index (χ2n) is 5.79. The molecule has 6 heteroatoms. The summed E-state index contributed by atoms with van der Waals surface area (Å²) >= 11 is 3.48. The Morgan fingerprint density at radius 3 is 2.71 bits per heavy atom. The standard InChI is InChI=1S/C15H20BrF3N2/c1-10(20)7-11-4-5-14(13(16)8-11)21-6-2-3-12(9-21)15(17,18)19/h4-5,8,10,12H,2-3,6-7,9,20H2,1H3. The van der Waals surface area contributed by atoms with Crippen LogP contribution in [0.4, 0.5) is 18.9 Å². The quantitative estimate of drug-likeness (QED) is 0.873. The van der Waals surface area contributed by atoms with Crippen LogP contribution in [-0.2, 0) is 6.42 Å². The lowest BCUT2D eigenvalue weighted by atomic mass is 9.96. The average Bonchev–Trinajstić information content (AvgIpc) is 2.37. The van der Waals surface area contributed by atoms with Crippen LogP contribution in [0.5, 0.6) is 0 Å². The van der Waals surface area contributed by atoms with Gasteiger partial charge in [-0.3, -0.25) is 0 Å². The van der Waals surface area contributed by atoms with E-state index in [1.54, 1.807) is 0 Å². The van der Waals surface area contributed by atoms with E-state index >= 15 is 0 Å². The molecule has 0 amide bonds. The first-order valence-corrected chi connectivity index (χ1v) is 7.92. The molecule has 1 aromatic carbocycles. The Morgan fingerprint density at radius 1 is 1.43 bits per heavy atom. The first-order chi connectivity index (χ1) is 9.77. The van der Waals surface area contributed by atoms with Crippen molar-refractivity contribution >= 4 is 21.6 Å². The SMILES string of the molecule is CC(N)Cc1ccc(N2CCCC(C(F)(F)F)C2)c(Br)c1. The van der Waals surface area contributed by atoms with Gasteiger partial charge in [0.25, 0.3) is 0 Å². The monoisotopic (exact) mass is 364 g/mol. The van der Waals surface area contributed by atoms with Crippen molar-refractivity contribution in [3.8, 4) is 0 Å². The van der Waals surface area contributed by atoms with Gasteiger partial charge in [-0.05, 0) is 59.8 Å². The maximum atomic E-state index is 12.9. The molecule has 0 radical (unpaired) electrons. The van der Waals surface area contributed by atoms with Gasteiger partial charge in [-0.1, -0.05) is 6.07 Å². The van der Waals surface area contributed by atoms with E-state index in [9.17, 15) is 13.2 Å². The van der Waals surface area contributed by atoms with Crippen molar-refractivity contribution in [3.63, 3.8) is 0 Å². The molecule has 1 aliphatic heterocycles. The number of anilines is 1. The molecule has 2 nitrogen and oxygen atoms in total. The van der Waals surface area contributed by atoms with Gasteiger partial charge in [-0.25, -0.2) is 0 Å². The van der Waals surface area contributed by atoms with Gasteiger partial charge in [-0.15, -0.1) is 0 Å². The topological polar surface area (TPSA) is 29.3 Å². The Labute approximate surface area is 131 Å². The highest BCUT2D eigenvalue weighted by atomic mass is 79.9. The second kappa shape index (κ2) is 6.57. The van der Waals surface area contributed by atoms with Crippen LogP contribution in [0.1, 0.15) is 25.3 Å². The molecule has 1 heterocycles. The van der Waals surface area contributed by atoms with E-state index in [1.165, 1.54) is 0 Å². The molecular weight excluding hydrogens is 345 g/mol. The Hall–Kier alpha value is -0.750. The van der Waals surface area contributed by atoms with Gasteiger partial charge in [0.2, 0.25) is 0 Å². The number of hydrogen-bond acceptors (Lipinski definition) is 2. The van der Waals surface area contributed by atoms with Gasteiger partial charge in [-0.2, -0.15) is 13.2 Å². The fraction of sp³-hybridized carbons (Fsp3) is 0.600. The summed E-state index contributed by atoms with van der Waals surface area (Å²) in [4.78, 5) is 1.82. The summed E-state index contributed by atoms with van der Waals surface area (Å²) in [7, 11) is 0. The number of nitrogens with two attached hydrogens (primary N) is 1. The number of piperidine rings is 1. The predicted molar refractivity (Wildman–Crippen MR) is 82.5 cm³/mol. The van der Waals surface area contributed by atoms with E-state index < -0.39 is 12.1 Å². The third kappa shape index (κ3) is 4.36. The van der Waals surface area contributed by atoms with Gasteiger partial charge < -0.3 is 10.6 Å². The molecule has 2 unspecified atom stereocenters. The Balaban J connectivity index is 2.14. The van der Waals surface area contributed by atoms with Crippen LogP contribution in [0.15, 0.2) is 22.7 Å². The highest BCUT2D eigenvalue weighted by molar-refractivity contribution is 9.10. The summed E-state index contributed by atoms with van der Waals surface area (Å²) in [5.41, 5.74) is 7.69. The van der Waals surface area contributed by atoms with Crippen LogP contribution in [0.25, 0.3) is 0 Å². The zero-order valence-corrected chi connectivity index (χ0v) is 13.5. The molecule has 0 aromatic heterocycles. The summed E-state index contributed by atoms with van der Waals surface area (Å²) in [6.45, 7) is 2.63. The maximum absolute atomic E-state index is 12.9. The Morgan fingerprint density at radius 2 is 2.14 bits per heavy atom. The summed E-state index contributed by atoms with van der Waals surface area (Å²) in [5, 5.41) is 0. The largest absolute Gasteiger partial charge is 0.393 e. The zero-order valence-electron chi connectivity index (χ0n) is 12.0. The normalized spacial score (nSPS) is 21.4. The smallest absolute Gasteiger partial charge is 0.370 e. The number of hydrogen-bond donors (Lipinski definition) is 1.